The molecule has 1 atom stereocenters. The molecule has 1 fully saturated rings. The highest BCUT2D eigenvalue weighted by Crippen LogP contribution is 2.27. The van der Waals surface area contributed by atoms with Crippen LogP contribution in [0.5, 0.6) is 0 Å². The molecule has 126 valence electrons. The predicted molar refractivity (Wildman–Crippen MR) is 93.6 cm³/mol. The lowest BCUT2D eigenvalue weighted by Crippen LogP contribution is -2.35. The van der Waals surface area contributed by atoms with Crippen molar-refractivity contribution in [3.63, 3.8) is 0 Å². The van der Waals surface area contributed by atoms with Crippen LogP contribution in [0.15, 0.2) is 49.4 Å². The fourth-order valence-electron chi connectivity index (χ4n) is 2.96. The van der Waals surface area contributed by atoms with Gasteiger partial charge >= 0.3 is 0 Å². The summed E-state index contributed by atoms with van der Waals surface area (Å²) in [6.07, 6.45) is 14.2. The molecule has 4 heterocycles. The fraction of sp³-hybridized carbons (Fsp3) is 0.294. The quantitative estimate of drug-likeness (QED) is 0.776. The van der Waals surface area contributed by atoms with Gasteiger partial charge in [0.25, 0.3) is 0 Å². The van der Waals surface area contributed by atoms with Crippen molar-refractivity contribution in [3.05, 3.63) is 55.1 Å². The third-order valence-electron chi connectivity index (χ3n) is 4.17. The first-order valence-corrected chi connectivity index (χ1v) is 8.25. The summed E-state index contributed by atoms with van der Waals surface area (Å²) in [6.45, 7) is 1.83. The zero-order valence-corrected chi connectivity index (χ0v) is 13.7. The van der Waals surface area contributed by atoms with Crippen LogP contribution in [-0.4, -0.2) is 43.0 Å². The van der Waals surface area contributed by atoms with E-state index >= 15 is 0 Å². The minimum Gasteiger partial charge on any atom is -0.340 e. The lowest BCUT2D eigenvalue weighted by Gasteiger charge is -2.32. The Labute approximate surface area is 145 Å². The molecule has 0 aromatic carbocycles. The standard InChI is InChI=1S/C17H18N8/c1-3-13(12-25(8-1)17-20-4-2-5-21-17)14-9-23-16(11-22-14)24-15-10-18-6-7-19-15/h2,4-7,9-11,13H,1,3,8,12H2,(H,19,23,24). The molecule has 0 aliphatic carbocycles. The monoisotopic (exact) mass is 334 g/mol. The lowest BCUT2D eigenvalue weighted by molar-refractivity contribution is 0.494. The maximum atomic E-state index is 4.59. The summed E-state index contributed by atoms with van der Waals surface area (Å²) < 4.78 is 0. The van der Waals surface area contributed by atoms with Gasteiger partial charge in [0.05, 0.1) is 24.3 Å². The summed E-state index contributed by atoms with van der Waals surface area (Å²) >= 11 is 0. The third-order valence-corrected chi connectivity index (χ3v) is 4.17. The Morgan fingerprint density at radius 2 is 1.76 bits per heavy atom. The number of rotatable bonds is 4. The van der Waals surface area contributed by atoms with Crippen molar-refractivity contribution >= 4 is 17.6 Å². The van der Waals surface area contributed by atoms with Crippen LogP contribution in [-0.2, 0) is 0 Å². The molecular weight excluding hydrogens is 316 g/mol. The molecule has 0 spiro atoms. The fourth-order valence-corrected chi connectivity index (χ4v) is 2.96. The number of aromatic nitrogens is 6. The smallest absolute Gasteiger partial charge is 0.225 e. The molecule has 1 saturated heterocycles. The lowest BCUT2D eigenvalue weighted by atomic mass is 9.95. The van der Waals surface area contributed by atoms with Crippen LogP contribution < -0.4 is 10.2 Å². The van der Waals surface area contributed by atoms with Crippen LogP contribution >= 0.6 is 0 Å². The molecule has 1 aliphatic heterocycles. The van der Waals surface area contributed by atoms with E-state index < -0.39 is 0 Å². The molecule has 3 aromatic heterocycles. The number of anilines is 3. The number of piperidine rings is 1. The second-order valence-electron chi connectivity index (χ2n) is 5.88. The zero-order valence-electron chi connectivity index (χ0n) is 13.7. The van der Waals surface area contributed by atoms with Crippen LogP contribution in [0.3, 0.4) is 0 Å². The molecule has 1 unspecified atom stereocenters. The van der Waals surface area contributed by atoms with Crippen LogP contribution in [0.2, 0.25) is 0 Å². The second-order valence-corrected chi connectivity index (χ2v) is 5.88. The molecule has 0 amide bonds. The van der Waals surface area contributed by atoms with Crippen molar-refractivity contribution in [3.8, 4) is 0 Å². The van der Waals surface area contributed by atoms with Gasteiger partial charge in [0, 0.05) is 43.8 Å². The maximum absolute atomic E-state index is 4.59. The summed E-state index contributed by atoms with van der Waals surface area (Å²) in [5, 5.41) is 3.09. The summed E-state index contributed by atoms with van der Waals surface area (Å²) in [7, 11) is 0. The van der Waals surface area contributed by atoms with E-state index in [0.29, 0.717) is 17.6 Å². The summed E-state index contributed by atoms with van der Waals surface area (Å²) in [5.74, 6) is 2.41. The van der Waals surface area contributed by atoms with Gasteiger partial charge in [-0.1, -0.05) is 0 Å². The van der Waals surface area contributed by atoms with Crippen molar-refractivity contribution in [2.45, 2.75) is 18.8 Å². The Hall–Kier alpha value is -3.16. The highest BCUT2D eigenvalue weighted by molar-refractivity contribution is 5.48. The zero-order chi connectivity index (χ0) is 16.9. The van der Waals surface area contributed by atoms with Crippen LogP contribution in [0.1, 0.15) is 24.5 Å². The average molecular weight is 334 g/mol. The van der Waals surface area contributed by atoms with E-state index in [2.05, 4.69) is 40.1 Å². The molecule has 25 heavy (non-hydrogen) atoms. The SMILES string of the molecule is c1cnc(N2CCCC(c3cnc(Nc4cnccn4)cn3)C2)nc1. The summed E-state index contributed by atoms with van der Waals surface area (Å²) in [5.41, 5.74) is 0.991. The summed E-state index contributed by atoms with van der Waals surface area (Å²) in [6, 6.07) is 1.83. The molecular formula is C17H18N8. The van der Waals surface area contributed by atoms with Gasteiger partial charge in [-0.3, -0.25) is 9.97 Å². The van der Waals surface area contributed by atoms with Gasteiger partial charge in [-0.15, -0.1) is 0 Å². The first-order chi connectivity index (χ1) is 12.4. The highest BCUT2D eigenvalue weighted by atomic mass is 15.3. The minimum absolute atomic E-state index is 0.329. The van der Waals surface area contributed by atoms with Crippen molar-refractivity contribution in [1.82, 2.24) is 29.9 Å². The molecule has 1 N–H and O–H groups in total. The third kappa shape index (κ3) is 3.68. The normalized spacial score (nSPS) is 17.3. The van der Waals surface area contributed by atoms with Crippen molar-refractivity contribution < 1.29 is 0 Å². The number of hydrogen-bond acceptors (Lipinski definition) is 8. The van der Waals surface area contributed by atoms with E-state index in [9.17, 15) is 0 Å². The predicted octanol–water partition coefficient (Wildman–Crippen LogP) is 2.18. The molecule has 4 rings (SSSR count). The number of nitrogens with one attached hydrogen (secondary N) is 1. The van der Waals surface area contributed by atoms with Gasteiger partial charge in [0.15, 0.2) is 0 Å². The molecule has 0 radical (unpaired) electrons. The van der Waals surface area contributed by atoms with Gasteiger partial charge < -0.3 is 10.2 Å². The molecule has 0 saturated carbocycles. The van der Waals surface area contributed by atoms with Gasteiger partial charge in [-0.25, -0.2) is 19.9 Å². The molecule has 8 heteroatoms. The van der Waals surface area contributed by atoms with Gasteiger partial charge in [0.1, 0.15) is 11.6 Å². The van der Waals surface area contributed by atoms with Crippen molar-refractivity contribution in [1.29, 1.82) is 0 Å². The van der Waals surface area contributed by atoms with E-state index in [1.165, 1.54) is 0 Å². The molecule has 1 aliphatic rings. The van der Waals surface area contributed by atoms with Gasteiger partial charge in [-0.05, 0) is 18.9 Å². The maximum Gasteiger partial charge on any atom is 0.225 e. The van der Waals surface area contributed by atoms with E-state index in [-0.39, 0.29) is 0 Å². The summed E-state index contributed by atoms with van der Waals surface area (Å²) in [4.78, 5) is 28.1. The highest BCUT2D eigenvalue weighted by Gasteiger charge is 2.24. The van der Waals surface area contributed by atoms with Gasteiger partial charge in [0.2, 0.25) is 5.95 Å². The van der Waals surface area contributed by atoms with Gasteiger partial charge in [-0.2, -0.15) is 0 Å². The topological polar surface area (TPSA) is 92.6 Å². The van der Waals surface area contributed by atoms with E-state index in [4.69, 9.17) is 0 Å². The van der Waals surface area contributed by atoms with E-state index in [1.54, 1.807) is 37.2 Å². The average Bonchev–Trinajstić information content (AvgIpc) is 2.70. The Morgan fingerprint density at radius 1 is 0.880 bits per heavy atom. The Bertz CT molecular complexity index is 794. The number of nitrogens with zero attached hydrogens (tertiary/aromatic N) is 7. The Morgan fingerprint density at radius 3 is 2.52 bits per heavy atom. The van der Waals surface area contributed by atoms with Crippen molar-refractivity contribution in [2.75, 3.05) is 23.3 Å². The van der Waals surface area contributed by atoms with Crippen LogP contribution in [0.25, 0.3) is 0 Å². The molecule has 8 nitrogen and oxygen atoms in total. The Kier molecular flexibility index (Phi) is 4.40. The molecule has 0 bridgehead atoms. The van der Waals surface area contributed by atoms with E-state index in [1.807, 2.05) is 12.3 Å². The Balaban J connectivity index is 1.44. The molecule has 3 aromatic rings. The first-order valence-electron chi connectivity index (χ1n) is 8.25. The van der Waals surface area contributed by atoms with Crippen molar-refractivity contribution in [2.24, 2.45) is 0 Å². The van der Waals surface area contributed by atoms with Crippen LogP contribution in [0, 0.1) is 0 Å². The van der Waals surface area contributed by atoms with Crippen LogP contribution in [0.4, 0.5) is 17.6 Å². The number of hydrogen-bond donors (Lipinski definition) is 1. The second kappa shape index (κ2) is 7.16. The largest absolute Gasteiger partial charge is 0.340 e. The minimum atomic E-state index is 0.329. The van der Waals surface area contributed by atoms with E-state index in [0.717, 1.165) is 37.6 Å². The first kappa shape index (κ1) is 15.4.